The van der Waals surface area contributed by atoms with Crippen LogP contribution in [-0.4, -0.2) is 64.9 Å². The second-order valence-electron chi connectivity index (χ2n) is 8.99. The summed E-state index contributed by atoms with van der Waals surface area (Å²) in [6, 6.07) is -0.309. The van der Waals surface area contributed by atoms with Gasteiger partial charge in [0.25, 0.3) is 0 Å². The number of carbonyl (C=O) groups excluding carboxylic acids is 3. The Morgan fingerprint density at radius 3 is 2.46 bits per heavy atom. The summed E-state index contributed by atoms with van der Waals surface area (Å²) in [5, 5.41) is 12.4. The molecule has 5 aliphatic rings. The standard InChI is InChI=1S/C20H25N3O5/c24-16-14-11-3-4-12(8-11)15(14)17(25)23(16)7-6-21-19(28)22-9-13-2-1-5-20(13,10-22)18(26)27/h3-4,11-15H,1-2,5-10H2,(H,21,28)(H,26,27)/t11?,12?,13-,14?,15?,20+/m0/s1. The van der Waals surface area contributed by atoms with Gasteiger partial charge in [-0.3, -0.25) is 19.3 Å². The average molecular weight is 387 g/mol. The minimum Gasteiger partial charge on any atom is -0.481 e. The number of rotatable bonds is 4. The number of aliphatic carboxylic acids is 1. The number of nitrogens with one attached hydrogen (secondary N) is 1. The molecule has 28 heavy (non-hydrogen) atoms. The van der Waals surface area contributed by atoms with Gasteiger partial charge in [0.15, 0.2) is 0 Å². The Morgan fingerprint density at radius 1 is 1.18 bits per heavy atom. The van der Waals surface area contributed by atoms with Crippen LogP contribution in [0, 0.1) is 35.0 Å². The fourth-order valence-electron chi connectivity index (χ4n) is 6.36. The van der Waals surface area contributed by atoms with Gasteiger partial charge >= 0.3 is 12.0 Å². The summed E-state index contributed by atoms with van der Waals surface area (Å²) in [7, 11) is 0. The molecule has 2 bridgehead atoms. The molecule has 2 heterocycles. The van der Waals surface area contributed by atoms with E-state index < -0.39 is 11.4 Å². The van der Waals surface area contributed by atoms with Gasteiger partial charge in [0.05, 0.1) is 17.3 Å². The van der Waals surface area contributed by atoms with Crippen molar-refractivity contribution in [1.29, 1.82) is 0 Å². The number of carboxylic acids is 1. The van der Waals surface area contributed by atoms with Gasteiger partial charge < -0.3 is 15.3 Å². The van der Waals surface area contributed by atoms with E-state index in [2.05, 4.69) is 17.5 Å². The zero-order valence-electron chi connectivity index (χ0n) is 15.7. The van der Waals surface area contributed by atoms with E-state index >= 15 is 0 Å². The van der Waals surface area contributed by atoms with Gasteiger partial charge in [-0.25, -0.2) is 4.79 Å². The number of urea groups is 1. The molecular weight excluding hydrogens is 362 g/mol. The summed E-state index contributed by atoms with van der Waals surface area (Å²) in [5.41, 5.74) is -0.804. The van der Waals surface area contributed by atoms with Gasteiger partial charge in [-0.05, 0) is 37.0 Å². The van der Waals surface area contributed by atoms with Crippen LogP contribution in [0.15, 0.2) is 12.2 Å². The predicted octanol–water partition coefficient (Wildman–Crippen LogP) is 0.690. The van der Waals surface area contributed by atoms with Crippen LogP contribution in [0.5, 0.6) is 0 Å². The molecule has 0 aromatic rings. The molecule has 4 fully saturated rings. The van der Waals surface area contributed by atoms with E-state index in [4.69, 9.17) is 0 Å². The van der Waals surface area contributed by atoms with E-state index in [0.29, 0.717) is 13.0 Å². The van der Waals surface area contributed by atoms with Crippen LogP contribution in [0.25, 0.3) is 0 Å². The number of nitrogens with zero attached hydrogens (tertiary/aromatic N) is 2. The van der Waals surface area contributed by atoms with Gasteiger partial charge in [-0.15, -0.1) is 0 Å². The maximum atomic E-state index is 12.7. The van der Waals surface area contributed by atoms with E-state index in [1.807, 2.05) is 0 Å². The predicted molar refractivity (Wildman–Crippen MR) is 96.8 cm³/mol. The number of hydrogen-bond acceptors (Lipinski definition) is 4. The fraction of sp³-hybridized carbons (Fsp3) is 0.700. The Balaban J connectivity index is 1.16. The second kappa shape index (κ2) is 6.06. The van der Waals surface area contributed by atoms with Crippen molar-refractivity contribution in [2.24, 2.45) is 35.0 Å². The first-order chi connectivity index (χ1) is 13.4. The number of fused-ring (bicyclic) bond motifs is 6. The topological polar surface area (TPSA) is 107 Å². The lowest BCUT2D eigenvalue weighted by atomic mass is 9.81. The Bertz CT molecular complexity index is 765. The number of hydrogen-bond donors (Lipinski definition) is 2. The fourth-order valence-corrected chi connectivity index (χ4v) is 6.36. The first-order valence-electron chi connectivity index (χ1n) is 10.2. The molecule has 2 aliphatic heterocycles. The summed E-state index contributed by atoms with van der Waals surface area (Å²) in [6.07, 6.45) is 7.37. The van der Waals surface area contributed by atoms with Crippen LogP contribution >= 0.6 is 0 Å². The Labute approximate surface area is 162 Å². The first kappa shape index (κ1) is 17.7. The number of amides is 4. The van der Waals surface area contributed by atoms with E-state index in [1.165, 1.54) is 4.90 Å². The smallest absolute Gasteiger partial charge is 0.317 e. The van der Waals surface area contributed by atoms with Gasteiger partial charge in [0.1, 0.15) is 0 Å². The van der Waals surface area contributed by atoms with E-state index in [-0.39, 0.29) is 67.1 Å². The normalized spacial score (nSPS) is 40.4. The van der Waals surface area contributed by atoms with Crippen molar-refractivity contribution < 1.29 is 24.3 Å². The third-order valence-corrected chi connectivity index (χ3v) is 7.76. The average Bonchev–Trinajstić information content (AvgIpc) is 3.43. The van der Waals surface area contributed by atoms with Crippen LogP contribution in [0.2, 0.25) is 0 Å². The highest BCUT2D eigenvalue weighted by Gasteiger charge is 2.59. The SMILES string of the molecule is O=C(NCCN1C(=O)C2C3C=CC(C3)C2C1=O)N1C[C@@H]2CCC[C@@]2(C(=O)O)C1. The van der Waals surface area contributed by atoms with Crippen molar-refractivity contribution >= 4 is 23.8 Å². The van der Waals surface area contributed by atoms with Crippen molar-refractivity contribution in [3.8, 4) is 0 Å². The Kier molecular flexibility index (Phi) is 3.83. The highest BCUT2D eigenvalue weighted by molar-refractivity contribution is 6.06. The summed E-state index contributed by atoms with van der Waals surface area (Å²) in [6.45, 7) is 1.06. The van der Waals surface area contributed by atoms with Crippen LogP contribution in [0.3, 0.4) is 0 Å². The number of likely N-dealkylation sites (tertiary alicyclic amines) is 2. The van der Waals surface area contributed by atoms with E-state index in [0.717, 1.165) is 19.3 Å². The van der Waals surface area contributed by atoms with Crippen LogP contribution < -0.4 is 5.32 Å². The molecule has 2 saturated carbocycles. The molecule has 0 aromatic heterocycles. The molecule has 2 saturated heterocycles. The van der Waals surface area contributed by atoms with E-state index in [9.17, 15) is 24.3 Å². The molecule has 8 nitrogen and oxygen atoms in total. The molecule has 6 atom stereocenters. The lowest BCUT2D eigenvalue weighted by molar-refractivity contribution is -0.149. The maximum absolute atomic E-state index is 12.7. The van der Waals surface area contributed by atoms with Crippen molar-refractivity contribution in [2.45, 2.75) is 25.7 Å². The molecule has 4 unspecified atom stereocenters. The third kappa shape index (κ3) is 2.29. The summed E-state index contributed by atoms with van der Waals surface area (Å²) in [4.78, 5) is 52.4. The minimum absolute atomic E-state index is 0.0137. The Morgan fingerprint density at radius 2 is 1.86 bits per heavy atom. The summed E-state index contributed by atoms with van der Waals surface area (Å²) >= 11 is 0. The van der Waals surface area contributed by atoms with Crippen molar-refractivity contribution in [1.82, 2.24) is 15.1 Å². The molecule has 150 valence electrons. The molecule has 4 amide bonds. The lowest BCUT2D eigenvalue weighted by Crippen LogP contribution is -2.45. The van der Waals surface area contributed by atoms with Crippen LogP contribution in [0.4, 0.5) is 4.79 Å². The molecule has 5 rings (SSSR count). The monoisotopic (exact) mass is 387 g/mol. The Hall–Kier alpha value is -2.38. The molecule has 0 spiro atoms. The van der Waals surface area contributed by atoms with Crippen molar-refractivity contribution in [2.75, 3.05) is 26.2 Å². The quantitative estimate of drug-likeness (QED) is 0.545. The molecule has 0 radical (unpaired) electrons. The van der Waals surface area contributed by atoms with E-state index in [1.54, 1.807) is 4.90 Å². The number of carbonyl (C=O) groups is 4. The van der Waals surface area contributed by atoms with Crippen LogP contribution in [-0.2, 0) is 14.4 Å². The molecule has 2 N–H and O–H groups in total. The summed E-state index contributed by atoms with van der Waals surface area (Å²) in [5.74, 6) is -1.08. The lowest BCUT2D eigenvalue weighted by Gasteiger charge is -2.23. The zero-order valence-corrected chi connectivity index (χ0v) is 15.7. The number of allylic oxidation sites excluding steroid dienone is 2. The van der Waals surface area contributed by atoms with Gasteiger partial charge in [0, 0.05) is 26.2 Å². The van der Waals surface area contributed by atoms with Gasteiger partial charge in [-0.2, -0.15) is 0 Å². The van der Waals surface area contributed by atoms with Crippen LogP contribution in [0.1, 0.15) is 25.7 Å². The van der Waals surface area contributed by atoms with Gasteiger partial charge in [0.2, 0.25) is 11.8 Å². The molecule has 3 aliphatic carbocycles. The summed E-state index contributed by atoms with van der Waals surface area (Å²) < 4.78 is 0. The minimum atomic E-state index is -0.812. The highest BCUT2D eigenvalue weighted by atomic mass is 16.4. The maximum Gasteiger partial charge on any atom is 0.317 e. The third-order valence-electron chi connectivity index (χ3n) is 7.76. The zero-order chi connectivity index (χ0) is 19.6. The second-order valence-corrected chi connectivity index (χ2v) is 8.99. The largest absolute Gasteiger partial charge is 0.481 e. The van der Waals surface area contributed by atoms with Crippen molar-refractivity contribution in [3.05, 3.63) is 12.2 Å². The molecule has 0 aromatic carbocycles. The molecular formula is C20H25N3O5. The highest BCUT2D eigenvalue weighted by Crippen LogP contribution is 2.52. The molecule has 8 heteroatoms. The first-order valence-corrected chi connectivity index (χ1v) is 10.2. The number of carboxylic acid groups (broad SMARTS) is 1. The van der Waals surface area contributed by atoms with Crippen molar-refractivity contribution in [3.63, 3.8) is 0 Å². The van der Waals surface area contributed by atoms with Gasteiger partial charge in [-0.1, -0.05) is 18.6 Å². The number of imide groups is 1.